The summed E-state index contributed by atoms with van der Waals surface area (Å²) in [5.41, 5.74) is 1.90. The Hall–Kier alpha value is -0.160. The van der Waals surface area contributed by atoms with Crippen molar-refractivity contribution in [3.63, 3.8) is 0 Å². The predicted molar refractivity (Wildman–Crippen MR) is 29.2 cm³/mol. The number of rotatable bonds is 4. The van der Waals surface area contributed by atoms with Gasteiger partial charge in [-0.05, 0) is 5.92 Å². The molecular formula is C4H12N2O2. The summed E-state index contributed by atoms with van der Waals surface area (Å²) in [6.07, 6.45) is 0. The average Bonchev–Trinajstić information content (AvgIpc) is 1.66. The molecule has 0 aromatic heterocycles. The molecule has 0 atom stereocenters. The molecule has 0 aliphatic heterocycles. The van der Waals surface area contributed by atoms with Gasteiger partial charge < -0.3 is 0 Å². The van der Waals surface area contributed by atoms with Crippen LogP contribution in [-0.4, -0.2) is 6.61 Å². The molecule has 0 aromatic rings. The van der Waals surface area contributed by atoms with Crippen LogP contribution in [0.5, 0.6) is 0 Å². The van der Waals surface area contributed by atoms with E-state index >= 15 is 0 Å². The van der Waals surface area contributed by atoms with E-state index in [2.05, 4.69) is 9.88 Å². The van der Waals surface area contributed by atoms with Gasteiger partial charge in [0.1, 0.15) is 0 Å². The fraction of sp³-hybridized carbons (Fsp3) is 1.00. The van der Waals surface area contributed by atoms with E-state index < -0.39 is 0 Å². The minimum absolute atomic E-state index is 0.461. The van der Waals surface area contributed by atoms with Crippen molar-refractivity contribution < 1.29 is 9.88 Å². The fourth-order valence-corrected chi connectivity index (χ4v) is 0.204. The first-order valence-corrected chi connectivity index (χ1v) is 2.51. The van der Waals surface area contributed by atoms with E-state index in [0.717, 1.165) is 0 Å². The van der Waals surface area contributed by atoms with Crippen molar-refractivity contribution in [2.45, 2.75) is 13.8 Å². The number of hydrogen-bond donors (Lipinski definition) is 2. The van der Waals surface area contributed by atoms with Crippen molar-refractivity contribution in [1.82, 2.24) is 5.59 Å². The predicted octanol–water partition coefficient (Wildman–Crippen LogP) is -0.0311. The lowest BCUT2D eigenvalue weighted by atomic mass is 10.2. The Labute approximate surface area is 48.8 Å². The Bertz CT molecular complexity index is 49.3. The van der Waals surface area contributed by atoms with Crippen molar-refractivity contribution in [3.8, 4) is 0 Å². The zero-order valence-electron chi connectivity index (χ0n) is 5.18. The van der Waals surface area contributed by atoms with Crippen LogP contribution < -0.4 is 11.4 Å². The number of nitrogens with one attached hydrogen (secondary N) is 1. The topological polar surface area (TPSA) is 56.5 Å². The molecule has 4 heteroatoms. The van der Waals surface area contributed by atoms with Gasteiger partial charge in [-0.2, -0.15) is 0 Å². The summed E-state index contributed by atoms with van der Waals surface area (Å²) < 4.78 is 0. The minimum Gasteiger partial charge on any atom is -0.245 e. The van der Waals surface area contributed by atoms with Gasteiger partial charge in [0, 0.05) is 0 Å². The molecule has 0 aliphatic carbocycles. The van der Waals surface area contributed by atoms with E-state index in [1.54, 1.807) is 0 Å². The van der Waals surface area contributed by atoms with Gasteiger partial charge in [0.15, 0.2) is 0 Å². The van der Waals surface area contributed by atoms with E-state index in [9.17, 15) is 0 Å². The lowest BCUT2D eigenvalue weighted by molar-refractivity contribution is -0.341. The van der Waals surface area contributed by atoms with Gasteiger partial charge in [-0.3, -0.25) is 0 Å². The highest BCUT2D eigenvalue weighted by Crippen LogP contribution is 1.90. The maximum absolute atomic E-state index is 4.72. The maximum Gasteiger partial charge on any atom is 0.0865 e. The molecule has 0 fully saturated rings. The second-order valence-electron chi connectivity index (χ2n) is 1.88. The fourth-order valence-electron chi connectivity index (χ4n) is 0.204. The van der Waals surface area contributed by atoms with Crippen LogP contribution in [0.4, 0.5) is 0 Å². The van der Waals surface area contributed by atoms with E-state index in [0.29, 0.717) is 12.5 Å². The summed E-state index contributed by atoms with van der Waals surface area (Å²) in [6, 6.07) is 0. The first-order valence-electron chi connectivity index (χ1n) is 2.51. The van der Waals surface area contributed by atoms with E-state index in [-0.39, 0.29) is 0 Å². The third-order valence-corrected chi connectivity index (χ3v) is 0.508. The number of hydrazine groups is 1. The molecule has 50 valence electrons. The summed E-state index contributed by atoms with van der Waals surface area (Å²) in [6.45, 7) is 4.57. The quantitative estimate of drug-likeness (QED) is 0.237. The first kappa shape index (κ1) is 7.84. The highest BCUT2D eigenvalue weighted by atomic mass is 17.3. The smallest absolute Gasteiger partial charge is 0.0865 e. The molecule has 0 amide bonds. The van der Waals surface area contributed by atoms with Gasteiger partial charge >= 0.3 is 0 Å². The molecule has 0 radical (unpaired) electrons. The van der Waals surface area contributed by atoms with Gasteiger partial charge in [0.25, 0.3) is 0 Å². The van der Waals surface area contributed by atoms with Gasteiger partial charge in [-0.25, -0.2) is 10.7 Å². The molecule has 0 aromatic carbocycles. The summed E-state index contributed by atoms with van der Waals surface area (Å²) in [5, 5.41) is 0. The van der Waals surface area contributed by atoms with E-state index in [4.69, 9.17) is 5.84 Å². The maximum atomic E-state index is 4.72. The normalized spacial score (nSPS) is 10.5. The summed E-state index contributed by atoms with van der Waals surface area (Å²) in [5.74, 6) is 5.18. The zero-order chi connectivity index (χ0) is 6.41. The largest absolute Gasteiger partial charge is 0.245 e. The van der Waals surface area contributed by atoms with Crippen molar-refractivity contribution in [2.75, 3.05) is 6.61 Å². The molecule has 0 rings (SSSR count). The molecule has 8 heavy (non-hydrogen) atoms. The van der Waals surface area contributed by atoms with Crippen LogP contribution in [-0.2, 0) is 9.88 Å². The Kier molecular flexibility index (Phi) is 4.89. The summed E-state index contributed by atoms with van der Waals surface area (Å²) in [7, 11) is 0. The van der Waals surface area contributed by atoms with Crippen molar-refractivity contribution in [1.29, 1.82) is 0 Å². The van der Waals surface area contributed by atoms with Crippen LogP contribution in [0.2, 0.25) is 0 Å². The standard InChI is InChI=1S/C4H12N2O2/c1-4(2)3-7-8-6-5/h4,6H,3,5H2,1-2H3. The average molecular weight is 120 g/mol. The van der Waals surface area contributed by atoms with Crippen molar-refractivity contribution >= 4 is 0 Å². The van der Waals surface area contributed by atoms with Crippen LogP contribution in [0, 0.1) is 5.92 Å². The highest BCUT2D eigenvalue weighted by Gasteiger charge is 1.91. The summed E-state index contributed by atoms with van der Waals surface area (Å²) >= 11 is 0. The number of nitrogens with two attached hydrogens (primary N) is 1. The monoisotopic (exact) mass is 120 g/mol. The molecule has 4 nitrogen and oxygen atoms in total. The van der Waals surface area contributed by atoms with E-state index in [1.807, 2.05) is 19.4 Å². The SMILES string of the molecule is CC(C)COONN. The van der Waals surface area contributed by atoms with Gasteiger partial charge in [-0.15, -0.1) is 10.6 Å². The summed E-state index contributed by atoms with van der Waals surface area (Å²) in [4.78, 5) is 8.68. The second-order valence-corrected chi connectivity index (χ2v) is 1.88. The second kappa shape index (κ2) is 4.99. The molecular weight excluding hydrogens is 108 g/mol. The molecule has 0 saturated heterocycles. The van der Waals surface area contributed by atoms with Crippen LogP contribution in [0.1, 0.15) is 13.8 Å². The lowest BCUT2D eigenvalue weighted by Crippen LogP contribution is -2.23. The number of hydrogen-bond acceptors (Lipinski definition) is 4. The Balaban J connectivity index is 2.72. The Morgan fingerprint density at radius 1 is 1.62 bits per heavy atom. The molecule has 0 unspecified atom stereocenters. The van der Waals surface area contributed by atoms with Gasteiger partial charge in [-0.1, -0.05) is 13.8 Å². The third kappa shape index (κ3) is 5.84. The molecule has 0 aliphatic rings. The Morgan fingerprint density at radius 2 is 2.25 bits per heavy atom. The van der Waals surface area contributed by atoms with E-state index in [1.165, 1.54) is 0 Å². The van der Waals surface area contributed by atoms with Crippen LogP contribution >= 0.6 is 0 Å². The van der Waals surface area contributed by atoms with Crippen LogP contribution in [0.15, 0.2) is 0 Å². The van der Waals surface area contributed by atoms with Crippen molar-refractivity contribution in [2.24, 2.45) is 11.8 Å². The van der Waals surface area contributed by atoms with Crippen LogP contribution in [0.25, 0.3) is 0 Å². The molecule has 0 bridgehead atoms. The molecule has 3 N–H and O–H groups in total. The molecule has 0 heterocycles. The van der Waals surface area contributed by atoms with Crippen molar-refractivity contribution in [3.05, 3.63) is 0 Å². The highest BCUT2D eigenvalue weighted by molar-refractivity contribution is 4.34. The molecule has 0 saturated carbocycles. The van der Waals surface area contributed by atoms with Gasteiger partial charge in [0.05, 0.1) is 6.61 Å². The zero-order valence-corrected chi connectivity index (χ0v) is 5.18. The van der Waals surface area contributed by atoms with Gasteiger partial charge in [0.2, 0.25) is 0 Å². The first-order chi connectivity index (χ1) is 3.77. The van der Waals surface area contributed by atoms with Crippen LogP contribution in [0.3, 0.4) is 0 Å². The minimum atomic E-state index is 0.461. The Morgan fingerprint density at radius 3 is 2.62 bits per heavy atom. The lowest BCUT2D eigenvalue weighted by Gasteiger charge is -2.02. The third-order valence-electron chi connectivity index (χ3n) is 0.508. The molecule has 0 spiro atoms.